The zero-order valence-corrected chi connectivity index (χ0v) is 16.4. The summed E-state index contributed by atoms with van der Waals surface area (Å²) in [7, 11) is 4.14. The van der Waals surface area contributed by atoms with Gasteiger partial charge in [-0.05, 0) is 63.3 Å². The van der Waals surface area contributed by atoms with Crippen molar-refractivity contribution in [2.75, 3.05) is 27.2 Å². The molecule has 3 nitrogen and oxygen atoms in total. The fourth-order valence-corrected chi connectivity index (χ4v) is 5.86. The van der Waals surface area contributed by atoms with E-state index < -0.39 is 0 Å². The summed E-state index contributed by atoms with van der Waals surface area (Å²) in [6, 6.07) is 12.8. The van der Waals surface area contributed by atoms with E-state index in [0.29, 0.717) is 0 Å². The zero-order chi connectivity index (χ0) is 17.6. The van der Waals surface area contributed by atoms with Crippen LogP contribution in [0.4, 0.5) is 0 Å². The lowest BCUT2D eigenvalue weighted by molar-refractivity contribution is -0.00379. The van der Waals surface area contributed by atoms with E-state index in [4.69, 9.17) is 11.6 Å². The molecular formula is C20H25ClN2OS. The van der Waals surface area contributed by atoms with Gasteiger partial charge in [-0.25, -0.2) is 0 Å². The highest BCUT2D eigenvalue weighted by Gasteiger charge is 2.52. The minimum absolute atomic E-state index is 0.0962. The maximum Gasteiger partial charge on any atom is 0.0931 e. The molecule has 25 heavy (non-hydrogen) atoms. The number of nitrogens with zero attached hydrogens (tertiary/aromatic N) is 2. The number of halogens is 1. The number of benzene rings is 1. The van der Waals surface area contributed by atoms with Crippen molar-refractivity contribution in [2.45, 2.75) is 36.9 Å². The number of likely N-dealkylation sites (N-methyl/N-ethyl adjacent to an activating group) is 1. The van der Waals surface area contributed by atoms with E-state index in [0.717, 1.165) is 36.8 Å². The molecule has 0 unspecified atom stereocenters. The van der Waals surface area contributed by atoms with Gasteiger partial charge in [0.05, 0.1) is 16.5 Å². The topological polar surface area (TPSA) is 26.7 Å². The van der Waals surface area contributed by atoms with Gasteiger partial charge in [-0.3, -0.25) is 4.90 Å². The van der Waals surface area contributed by atoms with Crippen LogP contribution in [0.15, 0.2) is 36.4 Å². The molecule has 2 heterocycles. The fourth-order valence-electron chi connectivity index (χ4n) is 4.73. The summed E-state index contributed by atoms with van der Waals surface area (Å²) in [4.78, 5) is 5.98. The second kappa shape index (κ2) is 6.67. The Labute approximate surface area is 158 Å². The van der Waals surface area contributed by atoms with E-state index >= 15 is 0 Å². The molecule has 0 saturated carbocycles. The van der Waals surface area contributed by atoms with Gasteiger partial charge in [0.25, 0.3) is 0 Å². The molecule has 0 bridgehead atoms. The van der Waals surface area contributed by atoms with Crippen molar-refractivity contribution in [1.29, 1.82) is 0 Å². The van der Waals surface area contributed by atoms with E-state index in [9.17, 15) is 5.11 Å². The first-order valence-corrected chi connectivity index (χ1v) is 10.1. The van der Waals surface area contributed by atoms with Crippen molar-refractivity contribution in [2.24, 2.45) is 0 Å². The second-order valence-electron chi connectivity index (χ2n) is 7.58. The van der Waals surface area contributed by atoms with E-state index in [1.165, 1.54) is 16.0 Å². The zero-order valence-electron chi connectivity index (χ0n) is 14.8. The highest BCUT2D eigenvalue weighted by atomic mass is 35.5. The van der Waals surface area contributed by atoms with Crippen LogP contribution in [0, 0.1) is 0 Å². The van der Waals surface area contributed by atoms with Crippen molar-refractivity contribution >= 4 is 22.9 Å². The average molecular weight is 377 g/mol. The molecule has 134 valence electrons. The number of piperidine rings is 1. The summed E-state index contributed by atoms with van der Waals surface area (Å²) in [6.45, 7) is 2.99. The third kappa shape index (κ3) is 2.94. The molecule has 1 spiro atoms. The van der Waals surface area contributed by atoms with Crippen LogP contribution in [-0.4, -0.2) is 48.2 Å². The third-order valence-electron chi connectivity index (χ3n) is 5.99. The number of fused-ring (bicyclic) bond motifs is 2. The predicted molar refractivity (Wildman–Crippen MR) is 104 cm³/mol. The number of hydrogen-bond donors (Lipinski definition) is 1. The van der Waals surface area contributed by atoms with Gasteiger partial charge < -0.3 is 10.0 Å². The predicted octanol–water partition coefficient (Wildman–Crippen LogP) is 3.91. The van der Waals surface area contributed by atoms with Crippen molar-refractivity contribution in [3.63, 3.8) is 0 Å². The first kappa shape index (κ1) is 17.5. The number of thiophene rings is 1. The molecule has 0 radical (unpaired) electrons. The van der Waals surface area contributed by atoms with E-state index in [2.05, 4.69) is 54.2 Å². The van der Waals surface area contributed by atoms with E-state index in [-0.39, 0.29) is 17.6 Å². The maximum absolute atomic E-state index is 11.3. The van der Waals surface area contributed by atoms with Gasteiger partial charge in [0.15, 0.2) is 0 Å². The lowest BCUT2D eigenvalue weighted by atomic mass is 9.72. The molecule has 1 N–H and O–H groups in total. The molecule has 5 heteroatoms. The highest BCUT2D eigenvalue weighted by molar-refractivity contribution is 7.16. The van der Waals surface area contributed by atoms with Gasteiger partial charge in [-0.15, -0.1) is 11.3 Å². The molecule has 2 atom stereocenters. The van der Waals surface area contributed by atoms with E-state index in [1.54, 1.807) is 11.3 Å². The molecule has 1 fully saturated rings. The van der Waals surface area contributed by atoms with Crippen molar-refractivity contribution in [3.8, 4) is 0 Å². The first-order valence-electron chi connectivity index (χ1n) is 8.92. The third-order valence-corrected chi connectivity index (χ3v) is 7.21. The molecule has 2 aromatic rings. The van der Waals surface area contributed by atoms with Crippen molar-refractivity contribution < 1.29 is 5.11 Å². The molecule has 1 aromatic carbocycles. The molecule has 1 aromatic heterocycles. The number of aliphatic hydroxyl groups excluding tert-OH is 1. The molecule has 0 amide bonds. The van der Waals surface area contributed by atoms with Gasteiger partial charge in [0.2, 0.25) is 0 Å². The Morgan fingerprint density at radius 3 is 2.56 bits per heavy atom. The maximum atomic E-state index is 11.3. The van der Waals surface area contributed by atoms with Crippen LogP contribution in [0.5, 0.6) is 0 Å². The minimum atomic E-state index is -0.335. The highest BCUT2D eigenvalue weighted by Crippen LogP contribution is 2.52. The van der Waals surface area contributed by atoms with Crippen LogP contribution in [-0.2, 0) is 12.0 Å². The standard InChI is InChI=1S/C20H25ClN2OS/c1-22(2)18-15-5-3-4-6-16(15)20(19(18)24)9-11-23(12-10-20)13-14-7-8-17(21)25-14/h3-8,18-19,24H,9-13H2,1-2H3/t18-,19+/m1/s1. The van der Waals surface area contributed by atoms with Gasteiger partial charge in [0, 0.05) is 16.8 Å². The second-order valence-corrected chi connectivity index (χ2v) is 9.38. The SMILES string of the molecule is CN(C)[C@@H]1c2ccccc2C2(CCN(Cc3ccc(Cl)s3)CC2)[C@H]1O. The normalized spacial score (nSPS) is 25.6. The summed E-state index contributed by atoms with van der Waals surface area (Å²) in [5, 5.41) is 11.3. The summed E-state index contributed by atoms with van der Waals surface area (Å²) in [5.41, 5.74) is 2.56. The molecule has 1 saturated heterocycles. The lowest BCUT2D eigenvalue weighted by Crippen LogP contribution is -2.48. The number of hydrogen-bond acceptors (Lipinski definition) is 4. The number of rotatable bonds is 3. The van der Waals surface area contributed by atoms with Gasteiger partial charge in [0.1, 0.15) is 0 Å². The largest absolute Gasteiger partial charge is 0.390 e. The van der Waals surface area contributed by atoms with Gasteiger partial charge in [-0.1, -0.05) is 35.9 Å². The van der Waals surface area contributed by atoms with E-state index in [1.807, 2.05) is 6.07 Å². The Bertz CT molecular complexity index is 752. The molecular weight excluding hydrogens is 352 g/mol. The lowest BCUT2D eigenvalue weighted by Gasteiger charge is -2.43. The number of likely N-dealkylation sites (tertiary alicyclic amines) is 1. The average Bonchev–Trinajstić information content (AvgIpc) is 3.10. The van der Waals surface area contributed by atoms with Crippen molar-refractivity contribution in [3.05, 3.63) is 56.7 Å². The van der Waals surface area contributed by atoms with Crippen LogP contribution >= 0.6 is 22.9 Å². The van der Waals surface area contributed by atoms with Gasteiger partial charge >= 0.3 is 0 Å². The minimum Gasteiger partial charge on any atom is -0.390 e. The monoisotopic (exact) mass is 376 g/mol. The first-order chi connectivity index (χ1) is 12.0. The molecule has 2 aliphatic rings. The van der Waals surface area contributed by atoms with Crippen molar-refractivity contribution in [1.82, 2.24) is 9.80 Å². The molecule has 1 aliphatic carbocycles. The summed E-state index contributed by atoms with van der Waals surface area (Å²) >= 11 is 7.73. The van der Waals surface area contributed by atoms with Crippen LogP contribution < -0.4 is 0 Å². The van der Waals surface area contributed by atoms with Gasteiger partial charge in [-0.2, -0.15) is 0 Å². The molecule has 4 rings (SSSR count). The Kier molecular flexibility index (Phi) is 4.67. The van der Waals surface area contributed by atoms with Crippen LogP contribution in [0.1, 0.15) is 34.9 Å². The van der Waals surface area contributed by atoms with Crippen LogP contribution in [0.3, 0.4) is 0 Å². The fraction of sp³-hybridized carbons (Fsp3) is 0.500. The Morgan fingerprint density at radius 1 is 1.20 bits per heavy atom. The van der Waals surface area contributed by atoms with Crippen LogP contribution in [0.2, 0.25) is 4.34 Å². The van der Waals surface area contributed by atoms with Crippen LogP contribution in [0.25, 0.3) is 0 Å². The summed E-state index contributed by atoms with van der Waals surface area (Å²) in [5.74, 6) is 0. The molecule has 1 aliphatic heterocycles. The smallest absolute Gasteiger partial charge is 0.0931 e. The Morgan fingerprint density at radius 2 is 1.92 bits per heavy atom. The Balaban J connectivity index is 1.55. The summed E-state index contributed by atoms with van der Waals surface area (Å²) in [6.07, 6.45) is 1.68. The quantitative estimate of drug-likeness (QED) is 0.879. The number of aliphatic hydroxyl groups is 1. The Hall–Kier alpha value is -0.910. The summed E-state index contributed by atoms with van der Waals surface area (Å²) < 4.78 is 0.859.